The zero-order valence-corrected chi connectivity index (χ0v) is 12.3. The third-order valence-electron chi connectivity index (χ3n) is 3.12. The largest absolute Gasteiger partial charge is 0.354 e. The number of nitrogens with zero attached hydrogens (tertiary/aromatic N) is 2. The molecule has 120 valence electrons. The number of aromatic nitrogens is 1. The molecule has 1 aliphatic rings. The molecule has 8 nitrogen and oxygen atoms in total. The van der Waals surface area contributed by atoms with Gasteiger partial charge in [-0.25, -0.2) is 0 Å². The SMILES string of the molecule is O=C(CCN1C(=O)C=CC1=O)NCCNC(=O)c1cccnc1. The van der Waals surface area contributed by atoms with Crippen LogP contribution in [0.2, 0.25) is 0 Å². The lowest BCUT2D eigenvalue weighted by Crippen LogP contribution is -2.37. The molecule has 2 N–H and O–H groups in total. The number of hydrogen-bond donors (Lipinski definition) is 2. The fraction of sp³-hybridized carbons (Fsp3) is 0.267. The summed E-state index contributed by atoms with van der Waals surface area (Å²) in [6, 6.07) is 3.30. The maximum Gasteiger partial charge on any atom is 0.253 e. The van der Waals surface area contributed by atoms with Crippen molar-refractivity contribution >= 4 is 23.6 Å². The van der Waals surface area contributed by atoms with Gasteiger partial charge in [0.25, 0.3) is 17.7 Å². The number of carbonyl (C=O) groups is 4. The Morgan fingerprint density at radius 2 is 1.78 bits per heavy atom. The van der Waals surface area contributed by atoms with E-state index < -0.39 is 11.8 Å². The van der Waals surface area contributed by atoms with Crippen LogP contribution in [0.1, 0.15) is 16.8 Å². The second kappa shape index (κ2) is 7.83. The number of imide groups is 1. The number of rotatable bonds is 7. The molecule has 0 bridgehead atoms. The maximum atomic E-state index is 11.7. The molecule has 0 aliphatic carbocycles. The van der Waals surface area contributed by atoms with E-state index in [1.54, 1.807) is 18.3 Å². The van der Waals surface area contributed by atoms with Gasteiger partial charge in [-0.15, -0.1) is 0 Å². The van der Waals surface area contributed by atoms with Crippen molar-refractivity contribution in [1.82, 2.24) is 20.5 Å². The van der Waals surface area contributed by atoms with E-state index in [9.17, 15) is 19.2 Å². The topological polar surface area (TPSA) is 108 Å². The zero-order valence-electron chi connectivity index (χ0n) is 12.3. The molecule has 8 heteroatoms. The quantitative estimate of drug-likeness (QED) is 0.508. The van der Waals surface area contributed by atoms with Gasteiger partial charge in [-0.2, -0.15) is 0 Å². The summed E-state index contributed by atoms with van der Waals surface area (Å²) in [6.07, 6.45) is 5.40. The number of hydrogen-bond acceptors (Lipinski definition) is 5. The first-order valence-corrected chi connectivity index (χ1v) is 7.06. The molecule has 0 fully saturated rings. The first-order valence-electron chi connectivity index (χ1n) is 7.06. The normalized spacial score (nSPS) is 13.3. The third kappa shape index (κ3) is 4.73. The van der Waals surface area contributed by atoms with E-state index >= 15 is 0 Å². The van der Waals surface area contributed by atoms with Gasteiger partial charge >= 0.3 is 0 Å². The van der Waals surface area contributed by atoms with Gasteiger partial charge in [-0.05, 0) is 12.1 Å². The molecule has 1 aromatic heterocycles. The molecule has 4 amide bonds. The van der Waals surface area contributed by atoms with Crippen LogP contribution < -0.4 is 10.6 Å². The Labute approximate surface area is 132 Å². The Hall–Kier alpha value is -3.03. The van der Waals surface area contributed by atoms with Gasteiger partial charge in [0.1, 0.15) is 0 Å². The molecule has 0 saturated carbocycles. The van der Waals surface area contributed by atoms with Crippen molar-refractivity contribution < 1.29 is 19.2 Å². The van der Waals surface area contributed by atoms with Gasteiger partial charge in [0.05, 0.1) is 5.56 Å². The highest BCUT2D eigenvalue weighted by molar-refractivity contribution is 6.13. The second-order valence-corrected chi connectivity index (χ2v) is 4.76. The predicted octanol–water partition coefficient (Wildman–Crippen LogP) is -0.757. The van der Waals surface area contributed by atoms with E-state index in [4.69, 9.17) is 0 Å². The van der Waals surface area contributed by atoms with Gasteiger partial charge < -0.3 is 10.6 Å². The van der Waals surface area contributed by atoms with E-state index in [1.807, 2.05) is 0 Å². The first kappa shape index (κ1) is 16.3. The highest BCUT2D eigenvalue weighted by Gasteiger charge is 2.23. The van der Waals surface area contributed by atoms with E-state index in [1.165, 1.54) is 18.3 Å². The Morgan fingerprint density at radius 1 is 1.09 bits per heavy atom. The molecular weight excluding hydrogens is 300 g/mol. The molecule has 1 aromatic rings. The van der Waals surface area contributed by atoms with Crippen LogP contribution in [-0.2, 0) is 14.4 Å². The molecule has 0 unspecified atom stereocenters. The Balaban J connectivity index is 1.61. The minimum absolute atomic E-state index is 0.0235. The van der Waals surface area contributed by atoms with Crippen LogP contribution in [0.15, 0.2) is 36.7 Å². The van der Waals surface area contributed by atoms with Crippen LogP contribution >= 0.6 is 0 Å². The van der Waals surface area contributed by atoms with Crippen LogP contribution in [0.3, 0.4) is 0 Å². The van der Waals surface area contributed by atoms with Crippen molar-refractivity contribution in [3.63, 3.8) is 0 Å². The highest BCUT2D eigenvalue weighted by Crippen LogP contribution is 2.03. The fourth-order valence-corrected chi connectivity index (χ4v) is 1.93. The lowest BCUT2D eigenvalue weighted by atomic mass is 10.3. The molecule has 0 aromatic carbocycles. The van der Waals surface area contributed by atoms with Gasteiger partial charge in [0.15, 0.2) is 0 Å². The summed E-state index contributed by atoms with van der Waals surface area (Å²) in [5.74, 6) is -1.39. The molecule has 23 heavy (non-hydrogen) atoms. The zero-order chi connectivity index (χ0) is 16.7. The highest BCUT2D eigenvalue weighted by atomic mass is 16.2. The van der Waals surface area contributed by atoms with E-state index in [0.29, 0.717) is 5.56 Å². The predicted molar refractivity (Wildman–Crippen MR) is 80.1 cm³/mol. The van der Waals surface area contributed by atoms with Crippen LogP contribution in [0, 0.1) is 0 Å². The van der Waals surface area contributed by atoms with Gasteiger partial charge in [0.2, 0.25) is 5.91 Å². The lowest BCUT2D eigenvalue weighted by Gasteiger charge is -2.13. The first-order chi connectivity index (χ1) is 11.1. The van der Waals surface area contributed by atoms with Crippen molar-refractivity contribution in [3.8, 4) is 0 Å². The monoisotopic (exact) mass is 316 g/mol. The summed E-state index contributed by atoms with van der Waals surface area (Å²) in [4.78, 5) is 50.8. The van der Waals surface area contributed by atoms with Crippen LogP contribution in [0.5, 0.6) is 0 Å². The molecular formula is C15H16N4O4. The number of amides is 4. The summed E-state index contributed by atoms with van der Waals surface area (Å²) in [7, 11) is 0. The van der Waals surface area contributed by atoms with Crippen LogP contribution in [-0.4, -0.2) is 53.1 Å². The van der Waals surface area contributed by atoms with E-state index in [0.717, 1.165) is 4.90 Å². The van der Waals surface area contributed by atoms with Gasteiger partial charge in [-0.1, -0.05) is 0 Å². The van der Waals surface area contributed by atoms with Crippen molar-refractivity contribution in [3.05, 3.63) is 42.2 Å². The lowest BCUT2D eigenvalue weighted by molar-refractivity contribution is -0.137. The Morgan fingerprint density at radius 3 is 2.43 bits per heavy atom. The average molecular weight is 316 g/mol. The average Bonchev–Trinajstić information content (AvgIpc) is 2.88. The molecule has 2 rings (SSSR count). The number of pyridine rings is 1. The van der Waals surface area contributed by atoms with Crippen LogP contribution in [0.25, 0.3) is 0 Å². The minimum atomic E-state index is -0.411. The smallest absolute Gasteiger partial charge is 0.253 e. The second-order valence-electron chi connectivity index (χ2n) is 4.76. The molecule has 1 aliphatic heterocycles. The van der Waals surface area contributed by atoms with Crippen LogP contribution in [0.4, 0.5) is 0 Å². The molecule has 0 atom stereocenters. The summed E-state index contributed by atoms with van der Waals surface area (Å²) >= 11 is 0. The van der Waals surface area contributed by atoms with Crippen molar-refractivity contribution in [2.24, 2.45) is 0 Å². The summed E-state index contributed by atoms with van der Waals surface area (Å²) in [5, 5.41) is 5.25. The fourth-order valence-electron chi connectivity index (χ4n) is 1.93. The summed E-state index contributed by atoms with van der Waals surface area (Å²) < 4.78 is 0. The van der Waals surface area contributed by atoms with Crippen molar-refractivity contribution in [2.45, 2.75) is 6.42 Å². The van der Waals surface area contributed by atoms with Crippen molar-refractivity contribution in [1.29, 1.82) is 0 Å². The maximum absolute atomic E-state index is 11.7. The third-order valence-corrected chi connectivity index (χ3v) is 3.12. The Kier molecular flexibility index (Phi) is 5.56. The summed E-state index contributed by atoms with van der Waals surface area (Å²) in [5.41, 5.74) is 0.442. The standard InChI is InChI=1S/C15H16N4O4/c20-12(5-9-19-13(21)3-4-14(19)22)17-7-8-18-15(23)11-2-1-6-16-10-11/h1-4,6,10H,5,7-9H2,(H,17,20)(H,18,23). The van der Waals surface area contributed by atoms with Gasteiger partial charge in [-0.3, -0.25) is 29.1 Å². The number of carbonyl (C=O) groups excluding carboxylic acids is 4. The van der Waals surface area contributed by atoms with Crippen molar-refractivity contribution in [2.75, 3.05) is 19.6 Å². The van der Waals surface area contributed by atoms with Gasteiger partial charge in [0, 0.05) is 50.6 Å². The van der Waals surface area contributed by atoms with E-state index in [2.05, 4.69) is 15.6 Å². The molecule has 2 heterocycles. The Bertz CT molecular complexity index is 624. The van der Waals surface area contributed by atoms with E-state index in [-0.39, 0.29) is 37.9 Å². The minimum Gasteiger partial charge on any atom is -0.354 e. The molecule has 0 radical (unpaired) electrons. The number of nitrogens with one attached hydrogen (secondary N) is 2. The molecule has 0 spiro atoms. The molecule has 0 saturated heterocycles. The summed E-state index contributed by atoms with van der Waals surface area (Å²) in [6.45, 7) is 0.562.